The van der Waals surface area contributed by atoms with Crippen molar-refractivity contribution in [1.29, 1.82) is 0 Å². The van der Waals surface area contributed by atoms with Crippen molar-refractivity contribution >= 4 is 23.2 Å². The third-order valence-corrected chi connectivity index (χ3v) is 6.61. The third-order valence-electron chi connectivity index (χ3n) is 6.61. The molecule has 0 bridgehead atoms. The van der Waals surface area contributed by atoms with Crippen LogP contribution >= 0.6 is 0 Å². The van der Waals surface area contributed by atoms with Crippen LogP contribution in [0.3, 0.4) is 0 Å². The van der Waals surface area contributed by atoms with Gasteiger partial charge in [-0.15, -0.1) is 0 Å². The number of nitrogens with one attached hydrogen (secondary N) is 2. The Labute approximate surface area is 196 Å². The standard InChI is InChI=1S/C26H34N4O3/c1-3-19-6-9-22(10-7-19)28-26(32)25(31)27-18-24(30-13-15-33-16-14-30)21-8-11-23-20(17-21)5-4-12-29(23)2/h6-11,17,24H,3-5,12-16,18H2,1-2H3,(H,27,31)(H,28,32). The van der Waals surface area contributed by atoms with Gasteiger partial charge in [0.15, 0.2) is 0 Å². The van der Waals surface area contributed by atoms with Crippen molar-refractivity contribution in [3.63, 3.8) is 0 Å². The van der Waals surface area contributed by atoms with Gasteiger partial charge in [-0.1, -0.05) is 31.2 Å². The molecule has 1 atom stereocenters. The van der Waals surface area contributed by atoms with E-state index in [1.807, 2.05) is 24.3 Å². The van der Waals surface area contributed by atoms with E-state index >= 15 is 0 Å². The highest BCUT2D eigenvalue weighted by Crippen LogP contribution is 2.31. The van der Waals surface area contributed by atoms with E-state index in [4.69, 9.17) is 4.74 Å². The molecule has 7 nitrogen and oxygen atoms in total. The summed E-state index contributed by atoms with van der Waals surface area (Å²) >= 11 is 0. The fourth-order valence-corrected chi connectivity index (χ4v) is 4.64. The molecule has 0 radical (unpaired) electrons. The normalized spacial score (nSPS) is 17.2. The van der Waals surface area contributed by atoms with E-state index in [1.54, 1.807) is 0 Å². The summed E-state index contributed by atoms with van der Waals surface area (Å²) in [5, 5.41) is 5.56. The molecule has 1 unspecified atom stereocenters. The van der Waals surface area contributed by atoms with E-state index in [9.17, 15) is 9.59 Å². The van der Waals surface area contributed by atoms with Crippen LogP contribution < -0.4 is 15.5 Å². The van der Waals surface area contributed by atoms with Crippen molar-refractivity contribution in [1.82, 2.24) is 10.2 Å². The molecule has 2 N–H and O–H groups in total. The molecule has 2 aromatic carbocycles. The Kier molecular flexibility index (Phi) is 7.62. The van der Waals surface area contributed by atoms with Crippen LogP contribution in [0.25, 0.3) is 0 Å². The van der Waals surface area contributed by atoms with Crippen molar-refractivity contribution in [2.45, 2.75) is 32.2 Å². The average molecular weight is 451 g/mol. The molecule has 33 heavy (non-hydrogen) atoms. The highest BCUT2D eigenvalue weighted by atomic mass is 16.5. The number of carbonyl (C=O) groups is 2. The largest absolute Gasteiger partial charge is 0.379 e. The maximum absolute atomic E-state index is 12.6. The van der Waals surface area contributed by atoms with Gasteiger partial charge in [-0.25, -0.2) is 0 Å². The molecular formula is C26H34N4O3. The Morgan fingerprint density at radius 3 is 2.52 bits per heavy atom. The molecule has 0 spiro atoms. The zero-order valence-corrected chi connectivity index (χ0v) is 19.6. The second-order valence-electron chi connectivity index (χ2n) is 8.79. The first-order chi connectivity index (χ1) is 16.0. The Morgan fingerprint density at radius 2 is 1.79 bits per heavy atom. The van der Waals surface area contributed by atoms with Crippen molar-refractivity contribution in [3.8, 4) is 0 Å². The minimum Gasteiger partial charge on any atom is -0.379 e. The Bertz CT molecular complexity index is 970. The number of fused-ring (bicyclic) bond motifs is 1. The maximum atomic E-state index is 12.6. The minimum absolute atomic E-state index is 0.00739. The summed E-state index contributed by atoms with van der Waals surface area (Å²) in [5.41, 5.74) is 5.60. The summed E-state index contributed by atoms with van der Waals surface area (Å²) < 4.78 is 5.54. The summed E-state index contributed by atoms with van der Waals surface area (Å²) in [7, 11) is 2.13. The number of hydrogen-bond donors (Lipinski definition) is 2. The Hall–Kier alpha value is -2.90. The number of benzene rings is 2. The fourth-order valence-electron chi connectivity index (χ4n) is 4.64. The molecule has 2 heterocycles. The summed E-state index contributed by atoms with van der Waals surface area (Å²) in [6.07, 6.45) is 3.14. The van der Waals surface area contributed by atoms with Gasteiger partial charge in [0.1, 0.15) is 0 Å². The first-order valence-corrected chi connectivity index (χ1v) is 11.9. The number of hydrogen-bond acceptors (Lipinski definition) is 5. The number of ether oxygens (including phenoxy) is 1. The van der Waals surface area contributed by atoms with E-state index in [0.717, 1.165) is 38.9 Å². The lowest BCUT2D eigenvalue weighted by atomic mass is 9.95. The molecule has 2 amide bonds. The number of amides is 2. The molecular weight excluding hydrogens is 416 g/mol. The molecule has 1 fully saturated rings. The van der Waals surface area contributed by atoms with E-state index in [1.165, 1.54) is 22.4 Å². The van der Waals surface area contributed by atoms with Gasteiger partial charge in [0.25, 0.3) is 0 Å². The second kappa shape index (κ2) is 10.8. The van der Waals surface area contributed by atoms with Gasteiger partial charge in [0, 0.05) is 44.6 Å². The first-order valence-electron chi connectivity index (χ1n) is 11.9. The third kappa shape index (κ3) is 5.72. The molecule has 7 heteroatoms. The van der Waals surface area contributed by atoms with Crippen LogP contribution in [0.1, 0.15) is 36.1 Å². The molecule has 2 aromatic rings. The van der Waals surface area contributed by atoms with Crippen LogP contribution in [-0.4, -0.2) is 63.2 Å². The van der Waals surface area contributed by atoms with Gasteiger partial charge in [-0.05, 0) is 54.2 Å². The fraction of sp³-hybridized carbons (Fsp3) is 0.462. The van der Waals surface area contributed by atoms with Crippen LogP contribution in [0.5, 0.6) is 0 Å². The van der Waals surface area contributed by atoms with Crippen molar-refractivity contribution in [2.75, 3.05) is 56.7 Å². The monoisotopic (exact) mass is 450 g/mol. The lowest BCUT2D eigenvalue weighted by Gasteiger charge is -2.36. The van der Waals surface area contributed by atoms with E-state index in [-0.39, 0.29) is 6.04 Å². The number of aryl methyl sites for hydroxylation is 2. The van der Waals surface area contributed by atoms with Crippen LogP contribution in [-0.2, 0) is 27.2 Å². The lowest BCUT2D eigenvalue weighted by molar-refractivity contribution is -0.136. The highest BCUT2D eigenvalue weighted by molar-refractivity contribution is 6.39. The molecule has 4 rings (SSSR count). The van der Waals surface area contributed by atoms with Crippen LogP contribution in [0.4, 0.5) is 11.4 Å². The van der Waals surface area contributed by atoms with E-state index in [2.05, 4.69) is 52.6 Å². The zero-order valence-electron chi connectivity index (χ0n) is 19.6. The zero-order chi connectivity index (χ0) is 23.2. The second-order valence-corrected chi connectivity index (χ2v) is 8.79. The minimum atomic E-state index is -0.646. The smallest absolute Gasteiger partial charge is 0.313 e. The predicted octanol–water partition coefficient (Wildman–Crippen LogP) is 2.76. The summed E-state index contributed by atoms with van der Waals surface area (Å²) in [5.74, 6) is -1.27. The Balaban J connectivity index is 1.44. The highest BCUT2D eigenvalue weighted by Gasteiger charge is 2.26. The first kappa shape index (κ1) is 23.3. The molecule has 176 valence electrons. The number of nitrogens with zero attached hydrogens (tertiary/aromatic N) is 2. The lowest BCUT2D eigenvalue weighted by Crippen LogP contribution is -2.45. The SMILES string of the molecule is CCc1ccc(NC(=O)C(=O)NCC(c2ccc3c(c2)CCCN3C)N2CCOCC2)cc1. The molecule has 2 aliphatic rings. The van der Waals surface area contributed by atoms with Crippen LogP contribution in [0, 0.1) is 0 Å². The van der Waals surface area contributed by atoms with Crippen molar-refractivity contribution in [3.05, 3.63) is 59.2 Å². The van der Waals surface area contributed by atoms with E-state index in [0.29, 0.717) is 25.4 Å². The number of rotatable bonds is 6. The Morgan fingerprint density at radius 1 is 1.03 bits per heavy atom. The summed E-state index contributed by atoms with van der Waals surface area (Å²) in [6.45, 7) is 6.47. The van der Waals surface area contributed by atoms with Gasteiger partial charge in [-0.2, -0.15) is 0 Å². The number of morpholine rings is 1. The average Bonchev–Trinajstić information content (AvgIpc) is 2.85. The van der Waals surface area contributed by atoms with Crippen LogP contribution in [0.2, 0.25) is 0 Å². The molecule has 2 aliphatic heterocycles. The number of carbonyl (C=O) groups excluding carboxylic acids is 2. The summed E-state index contributed by atoms with van der Waals surface area (Å²) in [6, 6.07) is 14.2. The number of anilines is 2. The molecule has 1 saturated heterocycles. The van der Waals surface area contributed by atoms with Gasteiger partial charge >= 0.3 is 11.8 Å². The topological polar surface area (TPSA) is 73.9 Å². The van der Waals surface area contributed by atoms with Gasteiger partial charge in [-0.3, -0.25) is 14.5 Å². The molecule has 0 aromatic heterocycles. The van der Waals surface area contributed by atoms with E-state index < -0.39 is 11.8 Å². The van der Waals surface area contributed by atoms with Gasteiger partial charge in [0.05, 0.1) is 19.3 Å². The molecule has 0 saturated carbocycles. The van der Waals surface area contributed by atoms with Crippen molar-refractivity contribution in [2.24, 2.45) is 0 Å². The summed E-state index contributed by atoms with van der Waals surface area (Å²) in [4.78, 5) is 29.7. The quantitative estimate of drug-likeness (QED) is 0.662. The molecule has 0 aliphatic carbocycles. The van der Waals surface area contributed by atoms with Gasteiger partial charge < -0.3 is 20.3 Å². The van der Waals surface area contributed by atoms with Crippen LogP contribution in [0.15, 0.2) is 42.5 Å². The van der Waals surface area contributed by atoms with Gasteiger partial charge in [0.2, 0.25) is 0 Å². The maximum Gasteiger partial charge on any atom is 0.313 e. The predicted molar refractivity (Wildman–Crippen MR) is 131 cm³/mol. The van der Waals surface area contributed by atoms with Crippen molar-refractivity contribution < 1.29 is 14.3 Å².